The fraction of sp³-hybridized carbons (Fsp3) is 0.227. The van der Waals surface area contributed by atoms with Crippen molar-refractivity contribution in [2.24, 2.45) is 5.14 Å². The predicted molar refractivity (Wildman–Crippen MR) is 116 cm³/mol. The summed E-state index contributed by atoms with van der Waals surface area (Å²) >= 11 is 1.18. The lowest BCUT2D eigenvalue weighted by atomic mass is 10.1. The molecule has 152 valence electrons. The molecule has 0 radical (unpaired) electrons. The third kappa shape index (κ3) is 4.89. The van der Waals surface area contributed by atoms with Crippen molar-refractivity contribution in [2.45, 2.75) is 23.8 Å². The van der Waals surface area contributed by atoms with Gasteiger partial charge in [0, 0.05) is 35.2 Å². The molecule has 0 aliphatic carbocycles. The first kappa shape index (κ1) is 20.2. The van der Waals surface area contributed by atoms with Gasteiger partial charge in [-0.15, -0.1) is 0 Å². The summed E-state index contributed by atoms with van der Waals surface area (Å²) in [5, 5.41) is 18.4. The number of hydrogen-bond acceptors (Lipinski definition) is 8. The van der Waals surface area contributed by atoms with E-state index in [1.54, 1.807) is 12.3 Å². The van der Waals surface area contributed by atoms with Gasteiger partial charge in [-0.1, -0.05) is 6.07 Å². The summed E-state index contributed by atoms with van der Waals surface area (Å²) in [6, 6.07) is 17.3. The number of anilines is 2. The lowest BCUT2D eigenvalue weighted by Gasteiger charge is -2.23. The SMILES string of the molecule is N#Cc1cc(-c2ccnc(Nc3cccc(SN)c3)n2)ccc1OC1CCOCC1. The molecule has 3 aromatic rings. The van der Waals surface area contributed by atoms with Gasteiger partial charge in [0.25, 0.3) is 0 Å². The van der Waals surface area contributed by atoms with Crippen molar-refractivity contribution < 1.29 is 9.47 Å². The Kier molecular flexibility index (Phi) is 6.44. The molecule has 0 atom stereocenters. The largest absolute Gasteiger partial charge is 0.489 e. The van der Waals surface area contributed by atoms with E-state index in [1.807, 2.05) is 42.5 Å². The van der Waals surface area contributed by atoms with E-state index in [0.717, 1.165) is 29.0 Å². The van der Waals surface area contributed by atoms with Crippen LogP contribution in [0.15, 0.2) is 59.6 Å². The molecule has 8 heteroatoms. The van der Waals surface area contributed by atoms with E-state index < -0.39 is 0 Å². The minimum absolute atomic E-state index is 0.0778. The average molecular weight is 420 g/mol. The number of nitrogens with zero attached hydrogens (tertiary/aromatic N) is 3. The first-order chi connectivity index (χ1) is 14.7. The summed E-state index contributed by atoms with van der Waals surface area (Å²) in [5.41, 5.74) is 2.87. The monoisotopic (exact) mass is 419 g/mol. The molecule has 1 fully saturated rings. The molecular weight excluding hydrogens is 398 g/mol. The van der Waals surface area contributed by atoms with Gasteiger partial charge in [0.1, 0.15) is 17.9 Å². The molecule has 30 heavy (non-hydrogen) atoms. The van der Waals surface area contributed by atoms with Crippen molar-refractivity contribution in [3.05, 3.63) is 60.3 Å². The van der Waals surface area contributed by atoms with Crippen molar-refractivity contribution in [2.75, 3.05) is 18.5 Å². The Morgan fingerprint density at radius 3 is 2.83 bits per heavy atom. The molecule has 1 saturated heterocycles. The Balaban J connectivity index is 1.54. The van der Waals surface area contributed by atoms with Crippen LogP contribution in [-0.4, -0.2) is 29.3 Å². The Morgan fingerprint density at radius 2 is 2.03 bits per heavy atom. The fourth-order valence-electron chi connectivity index (χ4n) is 3.21. The molecule has 0 spiro atoms. The lowest BCUT2D eigenvalue weighted by Crippen LogP contribution is -2.26. The fourth-order valence-corrected chi connectivity index (χ4v) is 3.56. The third-order valence-electron chi connectivity index (χ3n) is 4.74. The smallest absolute Gasteiger partial charge is 0.227 e. The molecular formula is C22H21N5O2S. The van der Waals surface area contributed by atoms with Crippen LogP contribution in [0.25, 0.3) is 11.3 Å². The number of ether oxygens (including phenoxy) is 2. The lowest BCUT2D eigenvalue weighted by molar-refractivity contribution is 0.0254. The minimum atomic E-state index is 0.0778. The zero-order valence-corrected chi connectivity index (χ0v) is 17.1. The zero-order chi connectivity index (χ0) is 20.8. The molecule has 1 aromatic heterocycles. The normalized spacial score (nSPS) is 14.1. The highest BCUT2D eigenvalue weighted by molar-refractivity contribution is 7.97. The molecule has 1 aliphatic heterocycles. The van der Waals surface area contributed by atoms with Gasteiger partial charge in [-0.3, -0.25) is 5.14 Å². The van der Waals surface area contributed by atoms with Crippen LogP contribution < -0.4 is 15.2 Å². The number of nitrogens with two attached hydrogens (primary N) is 1. The first-order valence-corrected chi connectivity index (χ1v) is 10.5. The summed E-state index contributed by atoms with van der Waals surface area (Å²) < 4.78 is 11.4. The average Bonchev–Trinajstić information content (AvgIpc) is 2.80. The molecule has 7 nitrogen and oxygen atoms in total. The molecule has 0 amide bonds. The van der Waals surface area contributed by atoms with Crippen molar-refractivity contribution in [3.8, 4) is 23.1 Å². The second-order valence-electron chi connectivity index (χ2n) is 6.79. The molecule has 3 N–H and O–H groups in total. The van der Waals surface area contributed by atoms with E-state index in [0.29, 0.717) is 36.2 Å². The van der Waals surface area contributed by atoms with Gasteiger partial charge < -0.3 is 14.8 Å². The van der Waals surface area contributed by atoms with Gasteiger partial charge in [0.2, 0.25) is 5.95 Å². The number of aromatic nitrogens is 2. The standard InChI is InChI=1S/C22H21N5O2S/c23-14-16-12-15(4-5-21(16)29-18-7-10-28-11-8-18)20-6-9-25-22(27-20)26-17-2-1-3-19(13-17)30-24/h1-6,9,12-13,18H,7-8,10-11,24H2,(H,25,26,27). The molecule has 0 bridgehead atoms. The summed E-state index contributed by atoms with van der Waals surface area (Å²) in [7, 11) is 0. The quantitative estimate of drug-likeness (QED) is 0.570. The molecule has 2 aromatic carbocycles. The molecule has 4 rings (SSSR count). The number of rotatable bonds is 6. The summed E-state index contributed by atoms with van der Waals surface area (Å²) in [6.45, 7) is 1.38. The van der Waals surface area contributed by atoms with Crippen molar-refractivity contribution in [1.29, 1.82) is 5.26 Å². The van der Waals surface area contributed by atoms with Crippen LogP contribution in [0.5, 0.6) is 5.75 Å². The van der Waals surface area contributed by atoms with Crippen molar-refractivity contribution in [1.82, 2.24) is 9.97 Å². The van der Waals surface area contributed by atoms with E-state index in [-0.39, 0.29) is 6.10 Å². The molecule has 1 aliphatic rings. The highest BCUT2D eigenvalue weighted by atomic mass is 32.2. The van der Waals surface area contributed by atoms with Crippen molar-refractivity contribution >= 4 is 23.6 Å². The van der Waals surface area contributed by atoms with Gasteiger partial charge in [-0.25, -0.2) is 9.97 Å². The van der Waals surface area contributed by atoms with E-state index in [9.17, 15) is 5.26 Å². The van der Waals surface area contributed by atoms with Crippen LogP contribution in [0, 0.1) is 11.3 Å². The van der Waals surface area contributed by atoms with Crippen molar-refractivity contribution in [3.63, 3.8) is 0 Å². The summed E-state index contributed by atoms with van der Waals surface area (Å²) in [4.78, 5) is 9.82. The van der Waals surface area contributed by atoms with Gasteiger partial charge in [-0.05, 0) is 54.4 Å². The Hall–Kier alpha value is -3.12. The highest BCUT2D eigenvalue weighted by Crippen LogP contribution is 2.28. The Labute approximate surface area is 179 Å². The molecule has 0 saturated carbocycles. The van der Waals surface area contributed by atoms with E-state index in [4.69, 9.17) is 14.6 Å². The Morgan fingerprint density at radius 1 is 1.17 bits per heavy atom. The van der Waals surface area contributed by atoms with Crippen LogP contribution in [0.1, 0.15) is 18.4 Å². The number of nitrogens with one attached hydrogen (secondary N) is 1. The topological polar surface area (TPSA) is 106 Å². The predicted octanol–water partition coefficient (Wildman–Crippen LogP) is 4.28. The Bertz CT molecular complexity index is 1060. The van der Waals surface area contributed by atoms with Gasteiger partial charge in [-0.2, -0.15) is 5.26 Å². The van der Waals surface area contributed by atoms with Crippen LogP contribution in [-0.2, 0) is 4.74 Å². The van der Waals surface area contributed by atoms with Crippen LogP contribution >= 0.6 is 11.9 Å². The van der Waals surface area contributed by atoms with E-state index in [2.05, 4.69) is 21.4 Å². The number of hydrogen-bond donors (Lipinski definition) is 2. The van der Waals surface area contributed by atoms with Gasteiger partial charge in [0.05, 0.1) is 24.5 Å². The first-order valence-electron chi connectivity index (χ1n) is 9.61. The maximum Gasteiger partial charge on any atom is 0.227 e. The highest BCUT2D eigenvalue weighted by Gasteiger charge is 2.17. The second-order valence-corrected chi connectivity index (χ2v) is 7.50. The summed E-state index contributed by atoms with van der Waals surface area (Å²) in [5.74, 6) is 1.06. The van der Waals surface area contributed by atoms with E-state index >= 15 is 0 Å². The molecule has 2 heterocycles. The van der Waals surface area contributed by atoms with Gasteiger partial charge in [0.15, 0.2) is 0 Å². The summed E-state index contributed by atoms with van der Waals surface area (Å²) in [6.07, 6.45) is 3.42. The minimum Gasteiger partial charge on any atom is -0.489 e. The second kappa shape index (κ2) is 9.59. The maximum absolute atomic E-state index is 9.61. The van der Waals surface area contributed by atoms with Crippen LogP contribution in [0.3, 0.4) is 0 Å². The maximum atomic E-state index is 9.61. The van der Waals surface area contributed by atoms with Crippen LogP contribution in [0.2, 0.25) is 0 Å². The third-order valence-corrected chi connectivity index (χ3v) is 5.27. The zero-order valence-electron chi connectivity index (χ0n) is 16.2. The number of benzene rings is 2. The number of nitriles is 1. The van der Waals surface area contributed by atoms with Gasteiger partial charge >= 0.3 is 0 Å². The molecule has 0 unspecified atom stereocenters. The van der Waals surface area contributed by atoms with Crippen LogP contribution in [0.4, 0.5) is 11.6 Å². The van der Waals surface area contributed by atoms with E-state index in [1.165, 1.54) is 11.9 Å².